The van der Waals surface area contributed by atoms with Crippen LogP contribution in [0.3, 0.4) is 0 Å². The zero-order valence-corrected chi connectivity index (χ0v) is 10.2. The Morgan fingerprint density at radius 1 is 1.29 bits per heavy atom. The van der Waals surface area contributed by atoms with E-state index < -0.39 is 41.5 Å². The molecule has 0 aliphatic rings. The van der Waals surface area contributed by atoms with Crippen molar-refractivity contribution in [2.75, 3.05) is 6.61 Å². The summed E-state index contributed by atoms with van der Waals surface area (Å²) in [6, 6.07) is 3.71. The Balaban J connectivity index is 2.61. The van der Waals surface area contributed by atoms with Gasteiger partial charge in [-0.05, 0) is 12.1 Å². The van der Waals surface area contributed by atoms with Crippen LogP contribution in [0.4, 0.5) is 22.0 Å². The Hall–Kier alpha value is -2.63. The molecular formula is C12H6F5N3O. The Morgan fingerprint density at radius 2 is 2.00 bits per heavy atom. The van der Waals surface area contributed by atoms with E-state index in [-0.39, 0.29) is 0 Å². The smallest absolute Gasteiger partial charge is 0.423 e. The molecule has 1 heterocycles. The highest BCUT2D eigenvalue weighted by Gasteiger charge is 2.38. The van der Waals surface area contributed by atoms with Crippen molar-refractivity contribution in [1.29, 1.82) is 5.26 Å². The van der Waals surface area contributed by atoms with Gasteiger partial charge in [0, 0.05) is 6.07 Å². The first-order valence-corrected chi connectivity index (χ1v) is 5.45. The van der Waals surface area contributed by atoms with E-state index >= 15 is 0 Å². The van der Waals surface area contributed by atoms with Gasteiger partial charge in [0.05, 0.1) is 6.20 Å². The molecule has 0 saturated heterocycles. The average molecular weight is 303 g/mol. The minimum atomic E-state index is -4.81. The molecule has 0 saturated carbocycles. The molecule has 0 spiro atoms. The van der Waals surface area contributed by atoms with Crippen LogP contribution in [0.1, 0.15) is 5.56 Å². The van der Waals surface area contributed by atoms with Crippen LogP contribution in [0.25, 0.3) is 5.69 Å². The fourth-order valence-corrected chi connectivity index (χ4v) is 1.59. The lowest BCUT2D eigenvalue weighted by atomic mass is 10.3. The Labute approximate surface area is 115 Å². The maximum atomic E-state index is 13.6. The number of ether oxygens (including phenoxy) is 1. The van der Waals surface area contributed by atoms with Crippen LogP contribution in [-0.2, 0) is 6.18 Å². The number of nitriles is 1. The number of nitrogens with zero attached hydrogens (tertiary/aromatic N) is 3. The van der Waals surface area contributed by atoms with Gasteiger partial charge in [-0.3, -0.25) is 0 Å². The van der Waals surface area contributed by atoms with Gasteiger partial charge >= 0.3 is 6.18 Å². The van der Waals surface area contributed by atoms with Crippen molar-refractivity contribution in [3.05, 3.63) is 41.6 Å². The number of halogens is 5. The highest BCUT2D eigenvalue weighted by Crippen LogP contribution is 2.37. The van der Waals surface area contributed by atoms with Crippen LogP contribution >= 0.6 is 0 Å². The van der Waals surface area contributed by atoms with Crippen LogP contribution in [-0.4, -0.2) is 16.4 Å². The lowest BCUT2D eigenvalue weighted by Crippen LogP contribution is -2.10. The minimum Gasteiger partial charge on any atom is -0.462 e. The van der Waals surface area contributed by atoms with Gasteiger partial charge in [0.15, 0.2) is 6.61 Å². The van der Waals surface area contributed by atoms with E-state index in [2.05, 4.69) is 9.84 Å². The van der Waals surface area contributed by atoms with Crippen LogP contribution < -0.4 is 4.74 Å². The molecule has 0 bridgehead atoms. The van der Waals surface area contributed by atoms with Gasteiger partial charge in [-0.1, -0.05) is 0 Å². The largest absolute Gasteiger partial charge is 0.462 e. The Kier molecular flexibility index (Phi) is 3.80. The molecule has 0 amide bonds. The summed E-state index contributed by atoms with van der Waals surface area (Å²) >= 11 is 0. The van der Waals surface area contributed by atoms with Gasteiger partial charge in [-0.15, -0.1) is 0 Å². The molecule has 9 heteroatoms. The second kappa shape index (κ2) is 5.40. The molecular weight excluding hydrogens is 297 g/mol. The first-order valence-electron chi connectivity index (χ1n) is 5.45. The number of aromatic nitrogens is 2. The summed E-state index contributed by atoms with van der Waals surface area (Å²) in [6.45, 7) is -0.703. The summed E-state index contributed by atoms with van der Waals surface area (Å²) < 4.78 is 70.3. The average Bonchev–Trinajstić information content (AvgIpc) is 2.82. The number of rotatable bonds is 3. The van der Waals surface area contributed by atoms with Crippen molar-refractivity contribution in [2.45, 2.75) is 6.18 Å². The fourth-order valence-electron chi connectivity index (χ4n) is 1.59. The summed E-state index contributed by atoms with van der Waals surface area (Å²) in [7, 11) is 0. The zero-order chi connectivity index (χ0) is 15.6. The molecule has 1 aromatic heterocycles. The molecule has 0 fully saturated rings. The Morgan fingerprint density at radius 3 is 2.62 bits per heavy atom. The summed E-state index contributed by atoms with van der Waals surface area (Å²) in [5.74, 6) is -2.73. The second-order valence-corrected chi connectivity index (χ2v) is 3.82. The van der Waals surface area contributed by atoms with Crippen molar-refractivity contribution < 1.29 is 26.7 Å². The number of benzene rings is 1. The van der Waals surface area contributed by atoms with Gasteiger partial charge in [-0.25, -0.2) is 8.78 Å². The molecule has 21 heavy (non-hydrogen) atoms. The topological polar surface area (TPSA) is 50.8 Å². The van der Waals surface area contributed by atoms with E-state index in [0.29, 0.717) is 16.9 Å². The van der Waals surface area contributed by atoms with Gasteiger partial charge in [-0.2, -0.15) is 28.2 Å². The van der Waals surface area contributed by atoms with Crippen LogP contribution in [0, 0.1) is 23.0 Å². The molecule has 0 radical (unpaired) electrons. The van der Waals surface area contributed by atoms with Crippen LogP contribution in [0.5, 0.6) is 5.88 Å². The predicted octanol–water partition coefficient (Wildman–Crippen LogP) is 3.07. The van der Waals surface area contributed by atoms with Crippen molar-refractivity contribution in [3.8, 4) is 17.6 Å². The quantitative estimate of drug-likeness (QED) is 0.819. The molecule has 4 nitrogen and oxygen atoms in total. The van der Waals surface area contributed by atoms with E-state index in [4.69, 9.17) is 5.26 Å². The lowest BCUT2D eigenvalue weighted by molar-refractivity contribution is -0.138. The molecule has 0 unspecified atom stereocenters. The van der Waals surface area contributed by atoms with Gasteiger partial charge in [0.1, 0.15) is 29.0 Å². The first kappa shape index (κ1) is 14.8. The van der Waals surface area contributed by atoms with Crippen LogP contribution in [0.2, 0.25) is 0 Å². The fraction of sp³-hybridized carbons (Fsp3) is 0.167. The molecule has 0 aliphatic heterocycles. The van der Waals surface area contributed by atoms with E-state index in [9.17, 15) is 22.0 Å². The third kappa shape index (κ3) is 2.94. The van der Waals surface area contributed by atoms with Crippen molar-refractivity contribution in [2.24, 2.45) is 0 Å². The first-order chi connectivity index (χ1) is 9.84. The number of alkyl halides is 3. The molecule has 1 aromatic carbocycles. The van der Waals surface area contributed by atoms with Crippen molar-refractivity contribution in [3.63, 3.8) is 0 Å². The summed E-state index contributed by atoms with van der Waals surface area (Å²) in [5, 5.41) is 11.8. The van der Waals surface area contributed by atoms with Gasteiger partial charge in [0.2, 0.25) is 5.88 Å². The molecule has 110 valence electrons. The second-order valence-electron chi connectivity index (χ2n) is 3.82. The van der Waals surface area contributed by atoms with E-state index in [1.54, 1.807) is 0 Å². The van der Waals surface area contributed by atoms with Gasteiger partial charge < -0.3 is 4.74 Å². The third-order valence-electron chi connectivity index (χ3n) is 2.44. The maximum absolute atomic E-state index is 13.6. The lowest BCUT2D eigenvalue weighted by Gasteiger charge is -2.11. The maximum Gasteiger partial charge on any atom is 0.423 e. The monoisotopic (exact) mass is 303 g/mol. The zero-order valence-electron chi connectivity index (χ0n) is 10.2. The molecule has 2 aromatic rings. The highest BCUT2D eigenvalue weighted by molar-refractivity contribution is 5.40. The summed E-state index contributed by atoms with van der Waals surface area (Å²) in [6.07, 6.45) is -4.40. The SMILES string of the molecule is N#CCOc1c(C(F)(F)F)cnn1-c1cc(F)ccc1F. The molecule has 2 rings (SSSR count). The van der Waals surface area contributed by atoms with Gasteiger partial charge in [0.25, 0.3) is 0 Å². The van der Waals surface area contributed by atoms with Crippen LogP contribution in [0.15, 0.2) is 24.4 Å². The summed E-state index contributed by atoms with van der Waals surface area (Å²) in [5.41, 5.74) is -1.85. The van der Waals surface area contributed by atoms with Crippen molar-refractivity contribution in [1.82, 2.24) is 9.78 Å². The Bertz CT molecular complexity index is 702. The third-order valence-corrected chi connectivity index (χ3v) is 2.44. The molecule has 0 N–H and O–H groups in total. The minimum absolute atomic E-state index is 0.414. The van der Waals surface area contributed by atoms with Crippen molar-refractivity contribution >= 4 is 0 Å². The highest BCUT2D eigenvalue weighted by atomic mass is 19.4. The molecule has 0 atom stereocenters. The normalized spacial score (nSPS) is 11.2. The standard InChI is InChI=1S/C12H6F5N3O/c13-7-1-2-9(14)10(5-7)20-11(21-4-3-18)8(6-19-20)12(15,16)17/h1-2,5-6H,4H2. The number of hydrogen-bond donors (Lipinski definition) is 0. The molecule has 0 aliphatic carbocycles. The predicted molar refractivity (Wildman–Crippen MR) is 59.6 cm³/mol. The van der Waals surface area contributed by atoms with E-state index in [0.717, 1.165) is 12.1 Å². The summed E-state index contributed by atoms with van der Waals surface area (Å²) in [4.78, 5) is 0. The van der Waals surface area contributed by atoms with E-state index in [1.165, 1.54) is 6.07 Å². The number of hydrogen-bond acceptors (Lipinski definition) is 3. The van der Waals surface area contributed by atoms with E-state index in [1.807, 2.05) is 0 Å².